The maximum Gasteiger partial charge on any atom is 0.269 e. The van der Waals surface area contributed by atoms with Crippen LogP contribution in [-0.2, 0) is 16.9 Å². The molecule has 0 aliphatic carbocycles. The van der Waals surface area contributed by atoms with Gasteiger partial charge >= 0.3 is 0 Å². The van der Waals surface area contributed by atoms with Gasteiger partial charge in [-0.2, -0.15) is 0 Å². The molecule has 1 unspecified atom stereocenters. The number of halogens is 1. The maximum atomic E-state index is 11.1. The van der Waals surface area contributed by atoms with Gasteiger partial charge in [-0.15, -0.1) is 12.4 Å². The number of rotatable bonds is 6. The first kappa shape index (κ1) is 22.9. The Hall–Kier alpha value is -2.77. The van der Waals surface area contributed by atoms with Crippen molar-refractivity contribution < 1.29 is 14.8 Å². The van der Waals surface area contributed by atoms with Crippen molar-refractivity contribution in [1.82, 2.24) is 4.90 Å². The van der Waals surface area contributed by atoms with Gasteiger partial charge in [0.05, 0.1) is 18.1 Å². The number of hydrogen-bond donors (Lipinski definition) is 1. The Bertz CT molecular complexity index is 996. The van der Waals surface area contributed by atoms with E-state index >= 15 is 0 Å². The van der Waals surface area contributed by atoms with Gasteiger partial charge in [-0.3, -0.25) is 15.0 Å². The summed E-state index contributed by atoms with van der Waals surface area (Å²) >= 11 is 0. The number of non-ortho nitro benzene ring substituents is 1. The third-order valence-electron chi connectivity index (χ3n) is 5.49. The number of morpholine rings is 1. The van der Waals surface area contributed by atoms with Gasteiger partial charge in [0.1, 0.15) is 0 Å². The lowest BCUT2D eigenvalue weighted by atomic mass is 9.99. The van der Waals surface area contributed by atoms with Gasteiger partial charge in [0.2, 0.25) is 5.79 Å². The van der Waals surface area contributed by atoms with Crippen molar-refractivity contribution in [1.29, 1.82) is 0 Å². The molecule has 1 atom stereocenters. The van der Waals surface area contributed by atoms with Crippen LogP contribution in [0.4, 0.5) is 5.69 Å². The summed E-state index contributed by atoms with van der Waals surface area (Å²) < 4.78 is 5.76. The van der Waals surface area contributed by atoms with Crippen LogP contribution in [0.5, 0.6) is 0 Å². The molecule has 1 heterocycles. The summed E-state index contributed by atoms with van der Waals surface area (Å²) in [6.45, 7) is 2.30. The predicted molar refractivity (Wildman–Crippen MR) is 122 cm³/mol. The summed E-state index contributed by atoms with van der Waals surface area (Å²) in [7, 11) is 0. The SMILES string of the molecule is Cl.O=[N+]([O-])c1ccc(CCN2CCOC(O)(c3ccc(-c4ccccc4)cc3)C2)cc1. The van der Waals surface area contributed by atoms with Gasteiger partial charge in [-0.05, 0) is 23.1 Å². The zero-order chi connectivity index (χ0) is 21.0. The average molecular weight is 441 g/mol. The topological polar surface area (TPSA) is 75.8 Å². The fraction of sp³-hybridized carbons (Fsp3) is 0.250. The third kappa shape index (κ3) is 5.48. The van der Waals surface area contributed by atoms with Crippen LogP contribution in [0.25, 0.3) is 11.1 Å². The van der Waals surface area contributed by atoms with Crippen molar-refractivity contribution in [2.75, 3.05) is 26.2 Å². The van der Waals surface area contributed by atoms with E-state index in [2.05, 4.69) is 17.0 Å². The molecule has 162 valence electrons. The Labute approximate surface area is 187 Å². The number of ether oxygens (including phenoxy) is 1. The van der Waals surface area contributed by atoms with E-state index in [-0.39, 0.29) is 18.1 Å². The van der Waals surface area contributed by atoms with Gasteiger partial charge in [0.25, 0.3) is 5.69 Å². The van der Waals surface area contributed by atoms with Crippen molar-refractivity contribution in [2.45, 2.75) is 12.2 Å². The lowest BCUT2D eigenvalue weighted by molar-refractivity contribution is -0.384. The maximum absolute atomic E-state index is 11.1. The Morgan fingerprint density at radius 3 is 2.26 bits per heavy atom. The number of nitro benzene ring substituents is 1. The number of aliphatic hydroxyl groups is 1. The molecule has 31 heavy (non-hydrogen) atoms. The fourth-order valence-corrected chi connectivity index (χ4v) is 3.76. The molecule has 0 saturated carbocycles. The van der Waals surface area contributed by atoms with Crippen molar-refractivity contribution >= 4 is 18.1 Å². The normalized spacial score (nSPS) is 18.9. The van der Waals surface area contributed by atoms with E-state index in [4.69, 9.17) is 4.74 Å². The highest BCUT2D eigenvalue weighted by Crippen LogP contribution is 2.29. The van der Waals surface area contributed by atoms with Crippen LogP contribution in [0.1, 0.15) is 11.1 Å². The summed E-state index contributed by atoms with van der Waals surface area (Å²) in [4.78, 5) is 12.5. The van der Waals surface area contributed by atoms with Crippen molar-refractivity contribution in [3.8, 4) is 11.1 Å². The number of hydrogen-bond acceptors (Lipinski definition) is 5. The van der Waals surface area contributed by atoms with Crippen LogP contribution < -0.4 is 0 Å². The highest BCUT2D eigenvalue weighted by atomic mass is 35.5. The molecule has 0 amide bonds. The molecule has 7 heteroatoms. The second kappa shape index (κ2) is 10.0. The van der Waals surface area contributed by atoms with Gasteiger partial charge in [-0.25, -0.2) is 0 Å². The number of benzene rings is 3. The van der Waals surface area contributed by atoms with Gasteiger partial charge in [0, 0.05) is 30.8 Å². The molecule has 1 aliphatic rings. The van der Waals surface area contributed by atoms with E-state index in [1.54, 1.807) is 12.1 Å². The van der Waals surface area contributed by atoms with Crippen molar-refractivity contribution in [2.24, 2.45) is 0 Å². The van der Waals surface area contributed by atoms with Crippen molar-refractivity contribution in [3.05, 3.63) is 100 Å². The molecule has 0 bridgehead atoms. The van der Waals surface area contributed by atoms with Gasteiger partial charge in [-0.1, -0.05) is 66.7 Å². The minimum Gasteiger partial charge on any atom is -0.361 e. The zero-order valence-corrected chi connectivity index (χ0v) is 17.8. The fourth-order valence-electron chi connectivity index (χ4n) is 3.76. The molecular formula is C24H25ClN2O4. The summed E-state index contributed by atoms with van der Waals surface area (Å²) in [5.74, 6) is -1.34. The third-order valence-corrected chi connectivity index (χ3v) is 5.49. The largest absolute Gasteiger partial charge is 0.361 e. The second-order valence-corrected chi connectivity index (χ2v) is 7.53. The van der Waals surface area contributed by atoms with E-state index in [1.165, 1.54) is 12.1 Å². The number of nitrogens with zero attached hydrogens (tertiary/aromatic N) is 2. The molecule has 1 N–H and O–H groups in total. The van der Waals surface area contributed by atoms with Crippen LogP contribution in [0, 0.1) is 10.1 Å². The molecule has 0 spiro atoms. The van der Waals surface area contributed by atoms with E-state index in [9.17, 15) is 15.2 Å². The zero-order valence-electron chi connectivity index (χ0n) is 17.0. The summed E-state index contributed by atoms with van der Waals surface area (Å²) in [5, 5.41) is 21.9. The lowest BCUT2D eigenvalue weighted by Gasteiger charge is -2.39. The molecule has 3 aromatic rings. The standard InChI is InChI=1S/C24H24N2O4.ClH/c27-24(22-10-8-21(9-11-22)20-4-2-1-3-5-20)18-25(16-17-30-24)15-14-19-6-12-23(13-7-19)26(28)29;/h1-13,27H,14-18H2;1H. The Morgan fingerprint density at radius 2 is 1.61 bits per heavy atom. The average Bonchev–Trinajstić information content (AvgIpc) is 2.79. The molecule has 1 aliphatic heterocycles. The molecule has 0 radical (unpaired) electrons. The Kier molecular flexibility index (Phi) is 7.41. The van der Waals surface area contributed by atoms with Crippen molar-refractivity contribution in [3.63, 3.8) is 0 Å². The highest BCUT2D eigenvalue weighted by Gasteiger charge is 2.36. The minimum absolute atomic E-state index is 0. The molecule has 1 saturated heterocycles. The van der Waals surface area contributed by atoms with Crippen LogP contribution in [-0.4, -0.2) is 41.2 Å². The first-order valence-corrected chi connectivity index (χ1v) is 10.0. The van der Waals surface area contributed by atoms with E-state index in [0.29, 0.717) is 13.2 Å². The van der Waals surface area contributed by atoms with Crippen LogP contribution in [0.3, 0.4) is 0 Å². The predicted octanol–water partition coefficient (Wildman–Crippen LogP) is 4.40. The molecule has 4 rings (SSSR count). The van der Waals surface area contributed by atoms with Gasteiger partial charge < -0.3 is 9.84 Å². The minimum atomic E-state index is -1.34. The van der Waals surface area contributed by atoms with Gasteiger partial charge in [0.15, 0.2) is 0 Å². The first-order chi connectivity index (χ1) is 14.5. The smallest absolute Gasteiger partial charge is 0.269 e. The molecule has 0 aromatic heterocycles. The molecular weight excluding hydrogens is 416 g/mol. The first-order valence-electron chi connectivity index (χ1n) is 10.0. The number of β-amino-alcohol motifs (C(OH)–C–C–N with tert-alkyl or cyclic N) is 1. The monoisotopic (exact) mass is 440 g/mol. The van der Waals surface area contributed by atoms with E-state index in [1.807, 2.05) is 42.5 Å². The quantitative estimate of drug-likeness (QED) is 0.454. The molecule has 6 nitrogen and oxygen atoms in total. The van der Waals surface area contributed by atoms with Crippen LogP contribution >= 0.6 is 12.4 Å². The summed E-state index contributed by atoms with van der Waals surface area (Å²) in [6.07, 6.45) is 0.751. The lowest BCUT2D eigenvalue weighted by Crippen LogP contribution is -2.50. The van der Waals surface area contributed by atoms with Crippen LogP contribution in [0.2, 0.25) is 0 Å². The Balaban J connectivity index is 0.00000272. The molecule has 1 fully saturated rings. The van der Waals surface area contributed by atoms with Crippen LogP contribution in [0.15, 0.2) is 78.9 Å². The molecule has 3 aromatic carbocycles. The van der Waals surface area contributed by atoms with E-state index in [0.717, 1.165) is 41.8 Å². The Morgan fingerprint density at radius 1 is 0.968 bits per heavy atom. The highest BCUT2D eigenvalue weighted by molar-refractivity contribution is 5.85. The number of nitro groups is 1. The summed E-state index contributed by atoms with van der Waals surface area (Å²) in [6, 6.07) is 24.6. The second-order valence-electron chi connectivity index (χ2n) is 7.53. The van der Waals surface area contributed by atoms with E-state index < -0.39 is 10.7 Å². The summed E-state index contributed by atoms with van der Waals surface area (Å²) in [5.41, 5.74) is 4.09.